The molecule has 17 heavy (non-hydrogen) atoms. The summed E-state index contributed by atoms with van der Waals surface area (Å²) in [7, 11) is 1.61. The Balaban J connectivity index is 0.00000256. The number of benzene rings is 1. The molecule has 0 aliphatic heterocycles. The van der Waals surface area contributed by atoms with Crippen molar-refractivity contribution >= 4 is 18.4 Å². The molecule has 0 amide bonds. The Morgan fingerprint density at radius 3 is 2.65 bits per heavy atom. The van der Waals surface area contributed by atoms with Crippen LogP contribution in [-0.4, -0.2) is 30.8 Å². The SMILES string of the molecule is CCc1ccccc1OC[C@H](NC)C(=O)O.Cl. The molecule has 0 aromatic heterocycles. The van der Waals surface area contributed by atoms with Crippen molar-refractivity contribution in [1.82, 2.24) is 5.32 Å². The maximum absolute atomic E-state index is 10.8. The summed E-state index contributed by atoms with van der Waals surface area (Å²) < 4.78 is 5.50. The zero-order valence-corrected chi connectivity index (χ0v) is 10.8. The summed E-state index contributed by atoms with van der Waals surface area (Å²) in [4.78, 5) is 10.8. The van der Waals surface area contributed by atoms with E-state index in [4.69, 9.17) is 9.84 Å². The van der Waals surface area contributed by atoms with Crippen LogP contribution in [0.15, 0.2) is 24.3 Å². The van der Waals surface area contributed by atoms with Crippen LogP contribution in [0, 0.1) is 0 Å². The van der Waals surface area contributed by atoms with E-state index < -0.39 is 12.0 Å². The maximum atomic E-state index is 10.8. The second-order valence-corrected chi connectivity index (χ2v) is 3.45. The summed E-state index contributed by atoms with van der Waals surface area (Å²) in [5.41, 5.74) is 1.09. The van der Waals surface area contributed by atoms with Crippen molar-refractivity contribution in [1.29, 1.82) is 0 Å². The van der Waals surface area contributed by atoms with E-state index >= 15 is 0 Å². The van der Waals surface area contributed by atoms with Crippen LogP contribution >= 0.6 is 12.4 Å². The Bertz CT molecular complexity index is 357. The van der Waals surface area contributed by atoms with Crippen molar-refractivity contribution in [2.24, 2.45) is 0 Å². The van der Waals surface area contributed by atoms with Crippen LogP contribution in [0.5, 0.6) is 5.75 Å². The van der Waals surface area contributed by atoms with Crippen LogP contribution in [-0.2, 0) is 11.2 Å². The first kappa shape index (κ1) is 15.7. The molecular weight excluding hydrogens is 242 g/mol. The van der Waals surface area contributed by atoms with E-state index in [0.29, 0.717) is 0 Å². The molecule has 0 saturated carbocycles. The number of hydrogen-bond donors (Lipinski definition) is 2. The molecule has 0 aliphatic rings. The molecule has 0 saturated heterocycles. The highest BCUT2D eigenvalue weighted by molar-refractivity contribution is 5.85. The summed E-state index contributed by atoms with van der Waals surface area (Å²) in [6.07, 6.45) is 0.869. The van der Waals surface area contributed by atoms with Crippen molar-refractivity contribution in [3.8, 4) is 5.75 Å². The predicted octanol–water partition coefficient (Wildman–Crippen LogP) is 1.72. The molecule has 0 aliphatic carbocycles. The number of para-hydroxylation sites is 1. The lowest BCUT2D eigenvalue weighted by Crippen LogP contribution is -2.39. The molecule has 0 radical (unpaired) electrons. The molecule has 96 valence electrons. The van der Waals surface area contributed by atoms with Crippen LogP contribution in [0.25, 0.3) is 0 Å². The lowest BCUT2D eigenvalue weighted by Gasteiger charge is -2.14. The van der Waals surface area contributed by atoms with Gasteiger partial charge in [-0.15, -0.1) is 12.4 Å². The molecule has 0 spiro atoms. The number of nitrogens with one attached hydrogen (secondary N) is 1. The predicted molar refractivity (Wildman–Crippen MR) is 69.0 cm³/mol. The van der Waals surface area contributed by atoms with Gasteiger partial charge in [0.1, 0.15) is 18.4 Å². The van der Waals surface area contributed by atoms with Gasteiger partial charge in [-0.2, -0.15) is 0 Å². The maximum Gasteiger partial charge on any atom is 0.324 e. The summed E-state index contributed by atoms with van der Waals surface area (Å²) >= 11 is 0. The molecule has 0 heterocycles. The summed E-state index contributed by atoms with van der Waals surface area (Å²) in [5, 5.41) is 11.5. The highest BCUT2D eigenvalue weighted by Crippen LogP contribution is 2.18. The molecule has 1 rings (SSSR count). The van der Waals surface area contributed by atoms with Gasteiger partial charge in [0.05, 0.1) is 0 Å². The number of ether oxygens (including phenoxy) is 1. The van der Waals surface area contributed by atoms with E-state index in [9.17, 15) is 4.79 Å². The zero-order valence-electron chi connectivity index (χ0n) is 9.97. The summed E-state index contributed by atoms with van der Waals surface area (Å²) in [5.74, 6) is -0.150. The largest absolute Gasteiger partial charge is 0.491 e. The molecule has 4 nitrogen and oxygen atoms in total. The summed E-state index contributed by atoms with van der Waals surface area (Å²) in [6.45, 7) is 2.16. The topological polar surface area (TPSA) is 58.6 Å². The molecule has 1 aromatic rings. The van der Waals surface area contributed by atoms with Crippen LogP contribution in [0.2, 0.25) is 0 Å². The van der Waals surface area contributed by atoms with Crippen molar-refractivity contribution in [2.45, 2.75) is 19.4 Å². The normalized spacial score (nSPS) is 11.4. The Hall–Kier alpha value is -1.26. The van der Waals surface area contributed by atoms with Crippen molar-refractivity contribution in [3.05, 3.63) is 29.8 Å². The fourth-order valence-electron chi connectivity index (χ4n) is 1.39. The van der Waals surface area contributed by atoms with E-state index in [1.54, 1.807) is 7.05 Å². The third-order valence-electron chi connectivity index (χ3n) is 2.41. The van der Waals surface area contributed by atoms with Crippen LogP contribution < -0.4 is 10.1 Å². The third-order valence-corrected chi connectivity index (χ3v) is 2.41. The van der Waals surface area contributed by atoms with Crippen molar-refractivity contribution in [3.63, 3.8) is 0 Å². The minimum atomic E-state index is -0.906. The van der Waals surface area contributed by atoms with E-state index in [-0.39, 0.29) is 19.0 Å². The van der Waals surface area contributed by atoms with Crippen LogP contribution in [0.4, 0.5) is 0 Å². The molecule has 2 N–H and O–H groups in total. The second kappa shape index (κ2) is 7.92. The standard InChI is InChI=1S/C12H17NO3.ClH/c1-3-9-6-4-5-7-11(9)16-8-10(13-2)12(14)15;/h4-7,10,13H,3,8H2,1-2H3,(H,14,15);1H/t10-;/m0./s1. The monoisotopic (exact) mass is 259 g/mol. The van der Waals surface area contributed by atoms with E-state index in [1.165, 1.54) is 0 Å². The molecule has 1 aromatic carbocycles. The Morgan fingerprint density at radius 1 is 1.47 bits per heavy atom. The molecule has 0 unspecified atom stereocenters. The Labute approximate surface area is 107 Å². The number of aliphatic carboxylic acids is 1. The number of aryl methyl sites for hydroxylation is 1. The van der Waals surface area contributed by atoms with Crippen molar-refractivity contribution in [2.75, 3.05) is 13.7 Å². The van der Waals surface area contributed by atoms with E-state index in [0.717, 1.165) is 17.7 Å². The van der Waals surface area contributed by atoms with Gasteiger partial charge in [-0.25, -0.2) is 0 Å². The number of rotatable bonds is 6. The molecule has 1 atom stereocenters. The van der Waals surface area contributed by atoms with Gasteiger partial charge in [0.2, 0.25) is 0 Å². The van der Waals surface area contributed by atoms with E-state index in [1.807, 2.05) is 31.2 Å². The Morgan fingerprint density at radius 2 is 2.12 bits per heavy atom. The van der Waals surface area contributed by atoms with Crippen molar-refractivity contribution < 1.29 is 14.6 Å². The first-order valence-electron chi connectivity index (χ1n) is 5.29. The lowest BCUT2D eigenvalue weighted by molar-refractivity contribution is -0.140. The first-order valence-corrected chi connectivity index (χ1v) is 5.29. The van der Waals surface area contributed by atoms with Gasteiger partial charge >= 0.3 is 5.97 Å². The fraction of sp³-hybridized carbons (Fsp3) is 0.417. The average molecular weight is 260 g/mol. The van der Waals surface area contributed by atoms with Crippen LogP contribution in [0.1, 0.15) is 12.5 Å². The second-order valence-electron chi connectivity index (χ2n) is 3.45. The van der Waals surface area contributed by atoms with Gasteiger partial charge in [-0.3, -0.25) is 4.79 Å². The number of carboxylic acid groups (broad SMARTS) is 1. The number of carboxylic acids is 1. The smallest absolute Gasteiger partial charge is 0.324 e. The highest BCUT2D eigenvalue weighted by atomic mass is 35.5. The lowest BCUT2D eigenvalue weighted by atomic mass is 10.1. The van der Waals surface area contributed by atoms with Gasteiger partial charge in [-0.1, -0.05) is 25.1 Å². The first-order chi connectivity index (χ1) is 7.69. The molecule has 0 fully saturated rings. The highest BCUT2D eigenvalue weighted by Gasteiger charge is 2.15. The molecule has 5 heteroatoms. The zero-order chi connectivity index (χ0) is 12.0. The van der Waals surface area contributed by atoms with Gasteiger partial charge in [-0.05, 0) is 25.1 Å². The quantitative estimate of drug-likeness (QED) is 0.817. The van der Waals surface area contributed by atoms with Gasteiger partial charge in [0, 0.05) is 0 Å². The average Bonchev–Trinajstić information content (AvgIpc) is 2.30. The fourth-order valence-corrected chi connectivity index (χ4v) is 1.39. The van der Waals surface area contributed by atoms with Gasteiger partial charge < -0.3 is 15.2 Å². The Kier molecular flexibility index (Phi) is 7.34. The molecule has 0 bridgehead atoms. The van der Waals surface area contributed by atoms with Gasteiger partial charge in [0.15, 0.2) is 0 Å². The number of hydrogen-bond acceptors (Lipinski definition) is 3. The summed E-state index contributed by atoms with van der Waals surface area (Å²) in [6, 6.07) is 6.98. The minimum absolute atomic E-state index is 0. The van der Waals surface area contributed by atoms with Gasteiger partial charge in [0.25, 0.3) is 0 Å². The number of halogens is 1. The number of likely N-dealkylation sites (N-methyl/N-ethyl adjacent to an activating group) is 1. The van der Waals surface area contributed by atoms with Crippen LogP contribution in [0.3, 0.4) is 0 Å². The third kappa shape index (κ3) is 4.63. The minimum Gasteiger partial charge on any atom is -0.491 e. The number of carbonyl (C=O) groups is 1. The molecular formula is C12H18ClNO3. The van der Waals surface area contributed by atoms with E-state index in [2.05, 4.69) is 5.32 Å².